The van der Waals surface area contributed by atoms with Crippen LogP contribution in [0.15, 0.2) is 18.2 Å². The smallest absolute Gasteiger partial charge is 0.313 e. The van der Waals surface area contributed by atoms with Crippen LogP contribution in [-0.4, -0.2) is 42.2 Å². The summed E-state index contributed by atoms with van der Waals surface area (Å²) in [5.41, 5.74) is 0.891. The Morgan fingerprint density at radius 3 is 2.18 bits per heavy atom. The first kappa shape index (κ1) is 24.5. The lowest BCUT2D eigenvalue weighted by atomic mass is 9.93. The highest BCUT2D eigenvalue weighted by molar-refractivity contribution is 6.74. The molecule has 6 heteroatoms. The van der Waals surface area contributed by atoms with Crippen LogP contribution in [0.25, 0.3) is 0 Å². The molecule has 28 heavy (non-hydrogen) atoms. The number of esters is 1. The third-order valence-corrected chi connectivity index (χ3v) is 10.2. The van der Waals surface area contributed by atoms with Crippen LogP contribution in [0.1, 0.15) is 57.9 Å². The Kier molecular flexibility index (Phi) is 9.50. The van der Waals surface area contributed by atoms with Gasteiger partial charge in [0.1, 0.15) is 0 Å². The van der Waals surface area contributed by atoms with E-state index in [-0.39, 0.29) is 16.9 Å². The van der Waals surface area contributed by atoms with Gasteiger partial charge in [0.15, 0.2) is 19.8 Å². The summed E-state index contributed by atoms with van der Waals surface area (Å²) >= 11 is 0. The minimum Gasteiger partial charge on any atom is -0.493 e. The van der Waals surface area contributed by atoms with E-state index in [2.05, 4.69) is 33.9 Å². The van der Waals surface area contributed by atoms with Gasteiger partial charge >= 0.3 is 5.97 Å². The molecule has 0 saturated carbocycles. The Bertz CT molecular complexity index is 622. The first-order valence-corrected chi connectivity index (χ1v) is 12.9. The molecule has 0 aliphatic carbocycles. The third-order valence-electron chi connectivity index (χ3n) is 5.70. The predicted molar refractivity (Wildman–Crippen MR) is 116 cm³/mol. The van der Waals surface area contributed by atoms with E-state index in [9.17, 15) is 4.79 Å². The number of unbranched alkanes of at least 4 members (excludes halogenated alkanes) is 2. The number of hydrogen-bond acceptors (Lipinski definition) is 5. The minimum atomic E-state index is -1.68. The summed E-state index contributed by atoms with van der Waals surface area (Å²) in [6.45, 7) is 12.1. The number of rotatable bonds is 11. The normalized spacial score (nSPS) is 13.1. The summed E-state index contributed by atoms with van der Waals surface area (Å²) in [6, 6.07) is 5.60. The van der Waals surface area contributed by atoms with Crippen molar-refractivity contribution in [3.8, 4) is 11.5 Å². The molecule has 1 aromatic carbocycles. The molecule has 1 atom stereocenters. The molecule has 0 aliphatic rings. The quantitative estimate of drug-likeness (QED) is 0.272. The summed E-state index contributed by atoms with van der Waals surface area (Å²) in [6.07, 6.45) is 3.71. The number of ether oxygens (including phenoxy) is 3. The van der Waals surface area contributed by atoms with E-state index in [4.69, 9.17) is 18.6 Å². The number of hydrogen-bond donors (Lipinski definition) is 0. The molecule has 0 N–H and O–H groups in total. The molecule has 0 radical (unpaired) electrons. The van der Waals surface area contributed by atoms with Gasteiger partial charge in [0, 0.05) is 6.61 Å². The van der Waals surface area contributed by atoms with E-state index in [1.807, 2.05) is 18.2 Å². The molecule has 0 amide bonds. The van der Waals surface area contributed by atoms with Crippen LogP contribution in [0, 0.1) is 0 Å². The first-order chi connectivity index (χ1) is 13.1. The molecule has 0 fully saturated rings. The lowest BCUT2D eigenvalue weighted by Crippen LogP contribution is -2.40. The Morgan fingerprint density at radius 2 is 1.64 bits per heavy atom. The first-order valence-electron chi connectivity index (χ1n) is 10.0. The van der Waals surface area contributed by atoms with Crippen LogP contribution < -0.4 is 9.47 Å². The van der Waals surface area contributed by atoms with Gasteiger partial charge in [0.25, 0.3) is 0 Å². The zero-order chi connectivity index (χ0) is 21.4. The van der Waals surface area contributed by atoms with Crippen LogP contribution in [0.3, 0.4) is 0 Å². The lowest BCUT2D eigenvalue weighted by Gasteiger charge is -2.36. The fraction of sp³-hybridized carbons (Fsp3) is 0.682. The van der Waals surface area contributed by atoms with Crippen molar-refractivity contribution in [3.63, 3.8) is 0 Å². The second-order valence-electron chi connectivity index (χ2n) is 8.65. The van der Waals surface area contributed by atoms with Crippen LogP contribution in [0.2, 0.25) is 18.1 Å². The molecule has 0 bridgehead atoms. The summed E-state index contributed by atoms with van der Waals surface area (Å²) < 4.78 is 21.9. The summed E-state index contributed by atoms with van der Waals surface area (Å²) in [4.78, 5) is 12.3. The maximum atomic E-state index is 12.3. The number of carbonyl (C=O) groups excluding carboxylic acids is 1. The van der Waals surface area contributed by atoms with Crippen molar-refractivity contribution in [2.75, 3.05) is 27.9 Å². The topological polar surface area (TPSA) is 54.0 Å². The predicted octanol–water partition coefficient (Wildman–Crippen LogP) is 5.54. The third kappa shape index (κ3) is 6.81. The SMILES string of the molecule is COC(=O)C(CCCCCO[Si](C)(C)C(C)(C)C)c1ccc(OC)c(OC)c1. The molecular formula is C22H38O5Si. The Hall–Kier alpha value is -1.53. The van der Waals surface area contributed by atoms with Crippen LogP contribution in [-0.2, 0) is 14.0 Å². The van der Waals surface area contributed by atoms with Gasteiger partial charge in [0.05, 0.1) is 27.2 Å². The molecule has 1 aromatic rings. The molecule has 0 aromatic heterocycles. The maximum absolute atomic E-state index is 12.3. The van der Waals surface area contributed by atoms with Gasteiger partial charge < -0.3 is 18.6 Å². The highest BCUT2D eigenvalue weighted by Crippen LogP contribution is 2.37. The average Bonchev–Trinajstić information content (AvgIpc) is 2.65. The van der Waals surface area contributed by atoms with Gasteiger partial charge in [-0.1, -0.05) is 39.7 Å². The fourth-order valence-electron chi connectivity index (χ4n) is 2.80. The zero-order valence-electron chi connectivity index (χ0n) is 18.9. The fourth-order valence-corrected chi connectivity index (χ4v) is 3.89. The van der Waals surface area contributed by atoms with Crippen molar-refractivity contribution in [1.29, 1.82) is 0 Å². The van der Waals surface area contributed by atoms with Gasteiger partial charge in [-0.2, -0.15) is 0 Å². The van der Waals surface area contributed by atoms with Gasteiger partial charge in [-0.05, 0) is 48.7 Å². The van der Waals surface area contributed by atoms with Gasteiger partial charge in [-0.25, -0.2) is 0 Å². The van der Waals surface area contributed by atoms with E-state index in [0.717, 1.165) is 37.9 Å². The van der Waals surface area contributed by atoms with E-state index in [1.165, 1.54) is 7.11 Å². The molecule has 0 saturated heterocycles. The van der Waals surface area contributed by atoms with Crippen molar-refractivity contribution < 1.29 is 23.4 Å². The standard InChI is InChI=1S/C22H38O5Si/c1-22(2,3)28(7,8)27-15-11-9-10-12-18(21(23)26-6)17-13-14-19(24-4)20(16-17)25-5/h13-14,16,18H,9-12,15H2,1-8H3. The Labute approximate surface area is 171 Å². The minimum absolute atomic E-state index is 0.218. The highest BCUT2D eigenvalue weighted by Gasteiger charge is 2.36. The van der Waals surface area contributed by atoms with Gasteiger partial charge in [0.2, 0.25) is 0 Å². The second-order valence-corrected chi connectivity index (χ2v) is 13.5. The largest absolute Gasteiger partial charge is 0.493 e. The molecule has 160 valence electrons. The van der Waals surface area contributed by atoms with Gasteiger partial charge in [-0.3, -0.25) is 4.79 Å². The Balaban J connectivity index is 2.61. The average molecular weight is 411 g/mol. The molecule has 5 nitrogen and oxygen atoms in total. The number of carbonyl (C=O) groups is 1. The lowest BCUT2D eigenvalue weighted by molar-refractivity contribution is -0.142. The van der Waals surface area contributed by atoms with E-state index < -0.39 is 8.32 Å². The van der Waals surface area contributed by atoms with Gasteiger partial charge in [-0.15, -0.1) is 0 Å². The number of benzene rings is 1. The van der Waals surface area contributed by atoms with Crippen molar-refractivity contribution in [2.45, 2.75) is 70.5 Å². The molecule has 0 spiro atoms. The van der Waals surface area contributed by atoms with Crippen molar-refractivity contribution >= 4 is 14.3 Å². The monoisotopic (exact) mass is 410 g/mol. The Morgan fingerprint density at radius 1 is 1.00 bits per heavy atom. The zero-order valence-corrected chi connectivity index (χ0v) is 19.9. The summed E-state index contributed by atoms with van der Waals surface area (Å²) in [5.74, 6) is 0.755. The van der Waals surface area contributed by atoms with Crippen molar-refractivity contribution in [1.82, 2.24) is 0 Å². The highest BCUT2D eigenvalue weighted by atomic mass is 28.4. The van der Waals surface area contributed by atoms with Crippen molar-refractivity contribution in [2.24, 2.45) is 0 Å². The molecule has 1 rings (SSSR count). The summed E-state index contributed by atoms with van der Waals surface area (Å²) in [7, 11) is 2.94. The number of methoxy groups -OCH3 is 3. The molecule has 1 unspecified atom stereocenters. The van der Waals surface area contributed by atoms with E-state index in [1.54, 1.807) is 14.2 Å². The molecule has 0 heterocycles. The molecular weight excluding hydrogens is 372 g/mol. The van der Waals surface area contributed by atoms with Crippen LogP contribution >= 0.6 is 0 Å². The van der Waals surface area contributed by atoms with Crippen LogP contribution in [0.4, 0.5) is 0 Å². The maximum Gasteiger partial charge on any atom is 0.313 e. The van der Waals surface area contributed by atoms with Crippen LogP contribution in [0.5, 0.6) is 11.5 Å². The summed E-state index contributed by atoms with van der Waals surface area (Å²) in [5, 5.41) is 0.233. The van der Waals surface area contributed by atoms with E-state index in [0.29, 0.717) is 11.5 Å². The molecule has 0 aliphatic heterocycles. The second kappa shape index (κ2) is 10.9. The van der Waals surface area contributed by atoms with Crippen molar-refractivity contribution in [3.05, 3.63) is 23.8 Å². The van der Waals surface area contributed by atoms with E-state index >= 15 is 0 Å².